The normalized spacial score (nSPS) is 16.0. The Labute approximate surface area is 147 Å². The van der Waals surface area contributed by atoms with Gasteiger partial charge in [0.05, 0.1) is 18.8 Å². The summed E-state index contributed by atoms with van der Waals surface area (Å²) in [6.45, 7) is 6.89. The van der Waals surface area contributed by atoms with E-state index in [4.69, 9.17) is 9.47 Å². The maximum absolute atomic E-state index is 12.7. The Balaban J connectivity index is 3.07. The molecule has 138 valence electrons. The fraction of sp³-hybridized carbons (Fsp3) is 0.800. The second-order valence-corrected chi connectivity index (χ2v) is 6.60. The van der Waals surface area contributed by atoms with Crippen LogP contribution in [-0.4, -0.2) is 25.2 Å². The van der Waals surface area contributed by atoms with Gasteiger partial charge in [-0.05, 0) is 44.4 Å². The molecule has 0 spiro atoms. The lowest BCUT2D eigenvalue weighted by molar-refractivity contribution is -0.143. The van der Waals surface area contributed by atoms with Gasteiger partial charge in [-0.3, -0.25) is 0 Å². The zero-order chi connectivity index (χ0) is 17.8. The minimum absolute atomic E-state index is 0.153. The number of carbonyl (C=O) groups excluding carboxylic acids is 2. The monoisotopic (exact) mass is 338 g/mol. The van der Waals surface area contributed by atoms with Crippen molar-refractivity contribution in [3.05, 3.63) is 11.1 Å². The summed E-state index contributed by atoms with van der Waals surface area (Å²) in [5.74, 6) is -0.466. The van der Waals surface area contributed by atoms with E-state index in [2.05, 4.69) is 6.92 Å². The van der Waals surface area contributed by atoms with Gasteiger partial charge in [0.2, 0.25) is 0 Å². The van der Waals surface area contributed by atoms with Gasteiger partial charge in [-0.15, -0.1) is 0 Å². The van der Waals surface area contributed by atoms with Gasteiger partial charge in [-0.25, -0.2) is 9.59 Å². The van der Waals surface area contributed by atoms with Crippen LogP contribution in [-0.2, 0) is 19.1 Å². The zero-order valence-corrected chi connectivity index (χ0v) is 15.7. The highest BCUT2D eigenvalue weighted by Gasteiger charge is 2.31. The van der Waals surface area contributed by atoms with Crippen molar-refractivity contribution in [3.63, 3.8) is 0 Å². The van der Waals surface area contributed by atoms with E-state index < -0.39 is 0 Å². The lowest BCUT2D eigenvalue weighted by atomic mass is 9.90. The van der Waals surface area contributed by atoms with E-state index >= 15 is 0 Å². The first-order valence-corrected chi connectivity index (χ1v) is 9.72. The molecule has 0 amide bonds. The Morgan fingerprint density at radius 2 is 1.42 bits per heavy atom. The first kappa shape index (κ1) is 20.7. The molecule has 0 aliphatic heterocycles. The summed E-state index contributed by atoms with van der Waals surface area (Å²) in [5, 5.41) is 0. The summed E-state index contributed by atoms with van der Waals surface area (Å²) in [6.07, 6.45) is 9.38. The molecule has 4 heteroatoms. The molecule has 0 heterocycles. The number of unbranched alkanes of at least 4 members (excludes halogenated alkanes) is 2. The Bertz CT molecular complexity index is 419. The molecular formula is C20H34O4. The number of esters is 2. The van der Waals surface area contributed by atoms with Gasteiger partial charge in [-0.2, -0.15) is 0 Å². The van der Waals surface area contributed by atoms with Gasteiger partial charge in [0, 0.05) is 5.57 Å². The highest BCUT2D eigenvalue weighted by Crippen LogP contribution is 2.35. The van der Waals surface area contributed by atoms with E-state index in [-0.39, 0.29) is 17.9 Å². The van der Waals surface area contributed by atoms with Crippen molar-refractivity contribution in [2.75, 3.05) is 13.2 Å². The molecule has 0 atom stereocenters. The summed E-state index contributed by atoms with van der Waals surface area (Å²) >= 11 is 0. The topological polar surface area (TPSA) is 52.6 Å². The second kappa shape index (κ2) is 12.1. The average molecular weight is 338 g/mol. The first-order valence-electron chi connectivity index (χ1n) is 9.72. The van der Waals surface area contributed by atoms with Crippen LogP contribution in [0.25, 0.3) is 0 Å². The molecule has 24 heavy (non-hydrogen) atoms. The van der Waals surface area contributed by atoms with Crippen LogP contribution in [0.1, 0.15) is 85.0 Å². The molecule has 0 N–H and O–H groups in total. The summed E-state index contributed by atoms with van der Waals surface area (Å²) in [4.78, 5) is 25.2. The molecule has 0 unspecified atom stereocenters. The molecule has 0 bridgehead atoms. The molecule has 0 aromatic carbocycles. The van der Waals surface area contributed by atoms with Crippen molar-refractivity contribution in [2.45, 2.75) is 85.0 Å². The lowest BCUT2D eigenvalue weighted by Gasteiger charge is -2.19. The Hall–Kier alpha value is -1.32. The Morgan fingerprint density at radius 1 is 0.833 bits per heavy atom. The SMILES string of the molecule is CCCCC/C(C(=O)OCCC)=C(/C(=O)OCCC)C1CCCC1. The number of ether oxygens (including phenoxy) is 2. The summed E-state index contributed by atoms with van der Waals surface area (Å²) in [7, 11) is 0. The lowest BCUT2D eigenvalue weighted by Crippen LogP contribution is -2.22. The van der Waals surface area contributed by atoms with Crippen molar-refractivity contribution in [3.8, 4) is 0 Å². The van der Waals surface area contributed by atoms with Crippen LogP contribution < -0.4 is 0 Å². The van der Waals surface area contributed by atoms with Crippen molar-refractivity contribution < 1.29 is 19.1 Å². The molecule has 1 rings (SSSR count). The van der Waals surface area contributed by atoms with Gasteiger partial charge >= 0.3 is 11.9 Å². The number of rotatable bonds is 11. The number of hydrogen-bond acceptors (Lipinski definition) is 4. The number of carbonyl (C=O) groups is 2. The second-order valence-electron chi connectivity index (χ2n) is 6.60. The molecule has 0 radical (unpaired) electrons. The largest absolute Gasteiger partial charge is 0.462 e. The maximum atomic E-state index is 12.7. The van der Waals surface area contributed by atoms with Crippen LogP contribution in [0.15, 0.2) is 11.1 Å². The predicted molar refractivity (Wildman–Crippen MR) is 95.6 cm³/mol. The van der Waals surface area contributed by atoms with Crippen molar-refractivity contribution >= 4 is 11.9 Å². The third-order valence-electron chi connectivity index (χ3n) is 4.46. The van der Waals surface area contributed by atoms with Gasteiger partial charge in [0.15, 0.2) is 0 Å². The van der Waals surface area contributed by atoms with E-state index in [1.165, 1.54) is 0 Å². The first-order chi connectivity index (χ1) is 11.7. The predicted octanol–water partition coefficient (Wildman–Crippen LogP) is 4.96. The van der Waals surface area contributed by atoms with E-state index in [1.807, 2.05) is 13.8 Å². The molecule has 0 aromatic rings. The van der Waals surface area contributed by atoms with Crippen LogP contribution in [0.4, 0.5) is 0 Å². The molecule has 1 aliphatic rings. The molecule has 1 saturated carbocycles. The Morgan fingerprint density at radius 3 is 1.96 bits per heavy atom. The van der Waals surface area contributed by atoms with Crippen LogP contribution in [0, 0.1) is 5.92 Å². The van der Waals surface area contributed by atoms with E-state index in [9.17, 15) is 9.59 Å². The average Bonchev–Trinajstić information content (AvgIpc) is 3.11. The smallest absolute Gasteiger partial charge is 0.334 e. The zero-order valence-electron chi connectivity index (χ0n) is 15.7. The highest BCUT2D eigenvalue weighted by molar-refractivity contribution is 6.00. The van der Waals surface area contributed by atoms with Crippen LogP contribution in [0.5, 0.6) is 0 Å². The third-order valence-corrected chi connectivity index (χ3v) is 4.46. The maximum Gasteiger partial charge on any atom is 0.334 e. The molecule has 0 saturated heterocycles. The summed E-state index contributed by atoms with van der Waals surface area (Å²) in [5.41, 5.74) is 1.18. The van der Waals surface area contributed by atoms with Crippen LogP contribution >= 0.6 is 0 Å². The van der Waals surface area contributed by atoms with E-state index in [0.717, 1.165) is 57.8 Å². The van der Waals surface area contributed by atoms with Crippen LogP contribution in [0.3, 0.4) is 0 Å². The minimum Gasteiger partial charge on any atom is -0.462 e. The molecule has 0 aromatic heterocycles. The van der Waals surface area contributed by atoms with E-state index in [0.29, 0.717) is 30.8 Å². The Kier molecular flexibility index (Phi) is 10.4. The standard InChI is InChI=1S/C20H34O4/c1-4-7-8-13-17(19(21)23-14-5-2)18(16-11-9-10-12-16)20(22)24-15-6-3/h16H,4-15H2,1-3H3/b18-17-. The van der Waals surface area contributed by atoms with Gasteiger partial charge in [0.25, 0.3) is 0 Å². The van der Waals surface area contributed by atoms with Gasteiger partial charge in [-0.1, -0.05) is 46.5 Å². The minimum atomic E-state index is -0.316. The van der Waals surface area contributed by atoms with Gasteiger partial charge < -0.3 is 9.47 Å². The van der Waals surface area contributed by atoms with Crippen molar-refractivity contribution in [2.24, 2.45) is 5.92 Å². The molecular weight excluding hydrogens is 304 g/mol. The highest BCUT2D eigenvalue weighted by atomic mass is 16.5. The van der Waals surface area contributed by atoms with Crippen molar-refractivity contribution in [1.82, 2.24) is 0 Å². The molecule has 4 nitrogen and oxygen atoms in total. The molecule has 1 fully saturated rings. The fourth-order valence-corrected chi connectivity index (χ4v) is 3.20. The van der Waals surface area contributed by atoms with Gasteiger partial charge in [0.1, 0.15) is 0 Å². The fourth-order valence-electron chi connectivity index (χ4n) is 3.20. The van der Waals surface area contributed by atoms with E-state index in [1.54, 1.807) is 0 Å². The summed E-state index contributed by atoms with van der Waals surface area (Å²) < 4.78 is 10.8. The molecule has 1 aliphatic carbocycles. The quantitative estimate of drug-likeness (QED) is 0.303. The van der Waals surface area contributed by atoms with Crippen molar-refractivity contribution in [1.29, 1.82) is 0 Å². The number of hydrogen-bond donors (Lipinski definition) is 0. The van der Waals surface area contributed by atoms with Crippen LogP contribution in [0.2, 0.25) is 0 Å². The third kappa shape index (κ3) is 6.66. The summed E-state index contributed by atoms with van der Waals surface area (Å²) in [6, 6.07) is 0.